The maximum Gasteiger partial charge on any atom is 0.272 e. The summed E-state index contributed by atoms with van der Waals surface area (Å²) in [6.07, 6.45) is 5.44. The lowest BCUT2D eigenvalue weighted by Gasteiger charge is -2.16. The lowest BCUT2D eigenvalue weighted by atomic mass is 10.2. The van der Waals surface area contributed by atoms with Gasteiger partial charge in [0.05, 0.1) is 5.25 Å². The van der Waals surface area contributed by atoms with Gasteiger partial charge in [0.1, 0.15) is 5.70 Å². The summed E-state index contributed by atoms with van der Waals surface area (Å²) >= 11 is 1.42. The van der Waals surface area contributed by atoms with E-state index in [-0.39, 0.29) is 16.9 Å². The van der Waals surface area contributed by atoms with Gasteiger partial charge in [-0.3, -0.25) is 19.4 Å². The third kappa shape index (κ3) is 8.15. The standard InChI is InChI=1S/C32H30N4O3S/c1-3-29(32(39)34-25-16-14-22(2)15-17-25)40-27-13-7-12-26(20-27)35-31(38)28(19-23-9-8-18-33-21-23)36-30(37)24-10-5-4-6-11-24/h4-21,29H,3H2,1-2H3,(H,34,39)(H,35,38)(H,36,37)/b28-19-. The molecular weight excluding hydrogens is 520 g/mol. The number of hydrogen-bond acceptors (Lipinski definition) is 5. The lowest BCUT2D eigenvalue weighted by Crippen LogP contribution is -2.30. The molecule has 0 saturated carbocycles. The van der Waals surface area contributed by atoms with Gasteiger partial charge in [0.2, 0.25) is 5.91 Å². The van der Waals surface area contributed by atoms with E-state index < -0.39 is 11.8 Å². The Hall–Kier alpha value is -4.69. The second kappa shape index (κ2) is 13.9. The van der Waals surface area contributed by atoms with Crippen LogP contribution in [0.15, 0.2) is 114 Å². The van der Waals surface area contributed by atoms with E-state index in [0.29, 0.717) is 23.2 Å². The Kier molecular flexibility index (Phi) is 9.85. The van der Waals surface area contributed by atoms with Gasteiger partial charge in [0.25, 0.3) is 11.8 Å². The number of carbonyl (C=O) groups is 3. The van der Waals surface area contributed by atoms with Gasteiger partial charge < -0.3 is 16.0 Å². The van der Waals surface area contributed by atoms with Crippen LogP contribution in [0.3, 0.4) is 0 Å². The summed E-state index contributed by atoms with van der Waals surface area (Å²) in [7, 11) is 0. The number of nitrogens with one attached hydrogen (secondary N) is 3. The molecule has 3 aromatic carbocycles. The van der Waals surface area contributed by atoms with Gasteiger partial charge in [-0.25, -0.2) is 0 Å². The van der Waals surface area contributed by atoms with Crippen LogP contribution < -0.4 is 16.0 Å². The van der Waals surface area contributed by atoms with Gasteiger partial charge in [-0.05, 0) is 73.5 Å². The van der Waals surface area contributed by atoms with E-state index in [1.165, 1.54) is 11.8 Å². The molecule has 0 fully saturated rings. The number of rotatable bonds is 10. The minimum absolute atomic E-state index is 0.0730. The summed E-state index contributed by atoms with van der Waals surface area (Å²) in [5.74, 6) is -0.976. The van der Waals surface area contributed by atoms with Crippen molar-refractivity contribution in [3.05, 3.63) is 126 Å². The van der Waals surface area contributed by atoms with E-state index >= 15 is 0 Å². The van der Waals surface area contributed by atoms with Crippen LogP contribution in [0.1, 0.15) is 34.8 Å². The molecular formula is C32H30N4O3S. The number of amides is 3. The Morgan fingerprint density at radius 1 is 0.875 bits per heavy atom. The molecule has 0 aliphatic heterocycles. The fraction of sp³-hybridized carbons (Fsp3) is 0.125. The molecule has 0 aliphatic carbocycles. The minimum Gasteiger partial charge on any atom is -0.325 e. The molecule has 1 unspecified atom stereocenters. The first-order chi connectivity index (χ1) is 19.4. The highest BCUT2D eigenvalue weighted by Gasteiger charge is 2.19. The zero-order valence-electron chi connectivity index (χ0n) is 22.3. The first-order valence-electron chi connectivity index (χ1n) is 12.8. The molecule has 4 rings (SSSR count). The molecule has 3 N–H and O–H groups in total. The Morgan fingerprint density at radius 3 is 2.35 bits per heavy atom. The Bertz CT molecular complexity index is 1490. The molecule has 0 spiro atoms. The highest BCUT2D eigenvalue weighted by Crippen LogP contribution is 2.29. The molecule has 40 heavy (non-hydrogen) atoms. The topological polar surface area (TPSA) is 100 Å². The zero-order chi connectivity index (χ0) is 28.3. The second-order valence-corrected chi connectivity index (χ2v) is 10.3. The zero-order valence-corrected chi connectivity index (χ0v) is 23.1. The van der Waals surface area contributed by atoms with Gasteiger partial charge in [-0.1, -0.05) is 55.0 Å². The number of aromatic nitrogens is 1. The van der Waals surface area contributed by atoms with Crippen LogP contribution in [-0.4, -0.2) is 28.0 Å². The summed E-state index contributed by atoms with van der Waals surface area (Å²) in [6, 6.07) is 27.2. The molecule has 3 amide bonds. The maximum atomic E-state index is 13.3. The summed E-state index contributed by atoms with van der Waals surface area (Å²) in [5, 5.41) is 8.25. The highest BCUT2D eigenvalue weighted by atomic mass is 32.2. The molecule has 0 saturated heterocycles. The monoisotopic (exact) mass is 550 g/mol. The van der Waals surface area contributed by atoms with Crippen LogP contribution in [0.25, 0.3) is 6.08 Å². The van der Waals surface area contributed by atoms with Crippen molar-refractivity contribution in [2.24, 2.45) is 0 Å². The number of anilines is 2. The molecule has 1 heterocycles. The van der Waals surface area contributed by atoms with E-state index in [4.69, 9.17) is 0 Å². The van der Waals surface area contributed by atoms with E-state index in [2.05, 4.69) is 20.9 Å². The molecule has 0 aliphatic rings. The summed E-state index contributed by atoms with van der Waals surface area (Å²) in [6.45, 7) is 3.96. The summed E-state index contributed by atoms with van der Waals surface area (Å²) < 4.78 is 0. The molecule has 8 heteroatoms. The summed E-state index contributed by atoms with van der Waals surface area (Å²) in [4.78, 5) is 44.0. The Morgan fingerprint density at radius 2 is 1.65 bits per heavy atom. The highest BCUT2D eigenvalue weighted by molar-refractivity contribution is 8.00. The van der Waals surface area contributed by atoms with Crippen molar-refractivity contribution in [3.8, 4) is 0 Å². The normalized spacial score (nSPS) is 11.8. The summed E-state index contributed by atoms with van der Waals surface area (Å²) in [5.41, 5.74) is 3.58. The van der Waals surface area contributed by atoms with Gasteiger partial charge in [0, 0.05) is 34.2 Å². The van der Waals surface area contributed by atoms with E-state index in [1.807, 2.05) is 62.4 Å². The van der Waals surface area contributed by atoms with Crippen LogP contribution in [0, 0.1) is 6.92 Å². The minimum atomic E-state index is -0.487. The number of thioether (sulfide) groups is 1. The van der Waals surface area contributed by atoms with E-state index in [0.717, 1.165) is 16.1 Å². The molecule has 1 atom stereocenters. The van der Waals surface area contributed by atoms with Crippen LogP contribution in [0.5, 0.6) is 0 Å². The smallest absolute Gasteiger partial charge is 0.272 e. The van der Waals surface area contributed by atoms with Crippen LogP contribution >= 0.6 is 11.8 Å². The van der Waals surface area contributed by atoms with Gasteiger partial charge in [0.15, 0.2) is 0 Å². The predicted octanol–water partition coefficient (Wildman–Crippen LogP) is 6.31. The molecule has 202 valence electrons. The van der Waals surface area contributed by atoms with Crippen molar-refractivity contribution in [2.45, 2.75) is 30.4 Å². The Labute approximate surface area is 238 Å². The largest absolute Gasteiger partial charge is 0.325 e. The van der Waals surface area contributed by atoms with Crippen molar-refractivity contribution in [1.29, 1.82) is 0 Å². The van der Waals surface area contributed by atoms with Crippen molar-refractivity contribution < 1.29 is 14.4 Å². The van der Waals surface area contributed by atoms with Crippen molar-refractivity contribution in [3.63, 3.8) is 0 Å². The first-order valence-corrected chi connectivity index (χ1v) is 13.7. The van der Waals surface area contributed by atoms with Crippen molar-refractivity contribution >= 4 is 46.9 Å². The third-order valence-corrected chi connectivity index (χ3v) is 7.23. The second-order valence-electron chi connectivity index (χ2n) is 9.02. The number of hydrogen-bond donors (Lipinski definition) is 3. The van der Waals surface area contributed by atoms with Crippen LogP contribution in [-0.2, 0) is 9.59 Å². The number of aryl methyl sites for hydroxylation is 1. The van der Waals surface area contributed by atoms with Crippen molar-refractivity contribution in [2.75, 3.05) is 10.6 Å². The average Bonchev–Trinajstić information content (AvgIpc) is 2.98. The maximum absolute atomic E-state index is 13.3. The first kappa shape index (κ1) is 28.3. The van der Waals surface area contributed by atoms with Gasteiger partial charge >= 0.3 is 0 Å². The SMILES string of the molecule is CCC(Sc1cccc(NC(=O)/C(=C/c2cccnc2)NC(=O)c2ccccc2)c1)C(=O)Nc1ccc(C)cc1. The molecule has 0 bridgehead atoms. The fourth-order valence-electron chi connectivity index (χ4n) is 3.76. The predicted molar refractivity (Wildman–Crippen MR) is 161 cm³/mol. The number of carbonyl (C=O) groups excluding carboxylic acids is 3. The lowest BCUT2D eigenvalue weighted by molar-refractivity contribution is -0.116. The van der Waals surface area contributed by atoms with E-state index in [1.54, 1.807) is 60.9 Å². The third-order valence-electron chi connectivity index (χ3n) is 5.88. The molecule has 7 nitrogen and oxygen atoms in total. The fourth-order valence-corrected chi connectivity index (χ4v) is 4.78. The van der Waals surface area contributed by atoms with Crippen LogP contribution in [0.2, 0.25) is 0 Å². The Balaban J connectivity index is 1.48. The van der Waals surface area contributed by atoms with E-state index in [9.17, 15) is 14.4 Å². The number of pyridine rings is 1. The molecule has 1 aromatic heterocycles. The van der Waals surface area contributed by atoms with Gasteiger partial charge in [-0.2, -0.15) is 0 Å². The van der Waals surface area contributed by atoms with Crippen LogP contribution in [0.4, 0.5) is 11.4 Å². The number of nitrogens with zero attached hydrogens (tertiary/aromatic N) is 1. The van der Waals surface area contributed by atoms with Crippen molar-refractivity contribution in [1.82, 2.24) is 10.3 Å². The van der Waals surface area contributed by atoms with Gasteiger partial charge in [-0.15, -0.1) is 11.8 Å². The average molecular weight is 551 g/mol. The molecule has 0 radical (unpaired) electrons. The molecule has 4 aromatic rings. The number of benzene rings is 3. The quantitative estimate of drug-likeness (QED) is 0.159.